The number of aryl methyl sites for hydroxylation is 2. The second-order valence-electron chi connectivity index (χ2n) is 10.6. The fraction of sp³-hybridized carbons (Fsp3) is 0.545. The average molecular weight is 507 g/mol. The maximum absolute atomic E-state index is 11.5. The van der Waals surface area contributed by atoms with E-state index < -0.39 is 5.60 Å². The number of ether oxygens (including phenoxy) is 2. The summed E-state index contributed by atoms with van der Waals surface area (Å²) < 4.78 is 11.0. The summed E-state index contributed by atoms with van der Waals surface area (Å²) in [6.45, 7) is 11.7. The molecule has 1 N–H and O–H groups in total. The molecular weight excluding hydrogens is 460 g/mol. The van der Waals surface area contributed by atoms with Gasteiger partial charge in [-0.1, -0.05) is 69.2 Å². The van der Waals surface area contributed by atoms with Crippen LogP contribution in [0.3, 0.4) is 0 Å². The number of carbonyl (C=O) groups excluding carboxylic acids is 1. The number of rotatable bonds is 13. The first kappa shape index (κ1) is 29.0. The predicted octanol–water partition coefficient (Wildman–Crippen LogP) is 7.84. The molecule has 0 amide bonds. The van der Waals surface area contributed by atoms with E-state index in [1.807, 2.05) is 13.0 Å². The summed E-state index contributed by atoms with van der Waals surface area (Å²) in [7, 11) is 0. The van der Waals surface area contributed by atoms with E-state index in [1.54, 1.807) is 0 Å². The van der Waals surface area contributed by atoms with E-state index in [9.17, 15) is 9.90 Å². The molecule has 0 atom stereocenters. The van der Waals surface area contributed by atoms with Crippen LogP contribution in [0.25, 0.3) is 6.08 Å². The molecule has 0 aromatic heterocycles. The van der Waals surface area contributed by atoms with Crippen LogP contribution >= 0.6 is 0 Å². The van der Waals surface area contributed by atoms with Crippen LogP contribution in [0, 0.1) is 13.8 Å². The third kappa shape index (κ3) is 7.25. The second kappa shape index (κ2) is 13.3. The highest BCUT2D eigenvalue weighted by Crippen LogP contribution is 2.41. The molecule has 1 aliphatic carbocycles. The zero-order valence-corrected chi connectivity index (χ0v) is 23.6. The lowest BCUT2D eigenvalue weighted by Crippen LogP contribution is -2.26. The minimum atomic E-state index is -0.635. The number of esters is 1. The van der Waals surface area contributed by atoms with Crippen molar-refractivity contribution in [1.82, 2.24) is 0 Å². The first-order valence-electron chi connectivity index (χ1n) is 14.2. The van der Waals surface area contributed by atoms with Crippen LogP contribution in [0.15, 0.2) is 42.5 Å². The van der Waals surface area contributed by atoms with Crippen LogP contribution in [-0.4, -0.2) is 29.9 Å². The minimum absolute atomic E-state index is 0.0699. The quantitative estimate of drug-likeness (QED) is 0.222. The van der Waals surface area contributed by atoms with Crippen LogP contribution in [-0.2, 0) is 14.9 Å². The zero-order chi connectivity index (χ0) is 26.9. The normalized spacial score (nSPS) is 15.3. The van der Waals surface area contributed by atoms with Gasteiger partial charge in [-0.05, 0) is 93.2 Å². The maximum Gasteiger partial charge on any atom is 0.305 e. The lowest BCUT2D eigenvalue weighted by atomic mass is 9.70. The SMILES string of the molecule is CCOC(=O)CCCCOc1ccc(C(CC)(CC)c2ccc(/C=C/C3(O)CCCC3)c(C)c2)cc1C. The van der Waals surface area contributed by atoms with E-state index in [0.29, 0.717) is 19.6 Å². The Bertz CT molecular complexity index is 1060. The molecule has 202 valence electrons. The molecule has 1 fully saturated rings. The number of unbranched alkanes of at least 4 members (excludes halogenated alkanes) is 1. The van der Waals surface area contributed by atoms with Crippen molar-refractivity contribution in [3.63, 3.8) is 0 Å². The minimum Gasteiger partial charge on any atom is -0.493 e. The van der Waals surface area contributed by atoms with Gasteiger partial charge in [0, 0.05) is 11.8 Å². The Morgan fingerprint density at radius 1 is 0.973 bits per heavy atom. The summed E-state index contributed by atoms with van der Waals surface area (Å²) in [6.07, 6.45) is 12.1. The molecule has 0 aliphatic heterocycles. The van der Waals surface area contributed by atoms with Gasteiger partial charge in [-0.15, -0.1) is 0 Å². The Labute approximate surface area is 224 Å². The van der Waals surface area contributed by atoms with E-state index in [-0.39, 0.29) is 11.4 Å². The Morgan fingerprint density at radius 2 is 1.62 bits per heavy atom. The van der Waals surface area contributed by atoms with Crippen LogP contribution in [0.5, 0.6) is 5.75 Å². The molecule has 0 spiro atoms. The van der Waals surface area contributed by atoms with Crippen molar-refractivity contribution >= 4 is 12.0 Å². The Kier molecular flexibility index (Phi) is 10.4. The summed E-state index contributed by atoms with van der Waals surface area (Å²) in [6, 6.07) is 13.4. The highest BCUT2D eigenvalue weighted by atomic mass is 16.5. The zero-order valence-electron chi connectivity index (χ0n) is 23.6. The first-order valence-corrected chi connectivity index (χ1v) is 14.2. The predicted molar refractivity (Wildman–Crippen MR) is 152 cm³/mol. The van der Waals surface area contributed by atoms with E-state index in [1.165, 1.54) is 22.3 Å². The van der Waals surface area contributed by atoms with Gasteiger partial charge in [0.15, 0.2) is 0 Å². The average Bonchev–Trinajstić information content (AvgIpc) is 3.32. The van der Waals surface area contributed by atoms with Crippen molar-refractivity contribution in [3.05, 3.63) is 70.3 Å². The summed E-state index contributed by atoms with van der Waals surface area (Å²) in [5.74, 6) is 0.770. The second-order valence-corrected chi connectivity index (χ2v) is 10.6. The van der Waals surface area contributed by atoms with Crippen molar-refractivity contribution in [2.75, 3.05) is 13.2 Å². The molecule has 4 nitrogen and oxygen atoms in total. The molecule has 0 bridgehead atoms. The van der Waals surface area contributed by atoms with Crippen molar-refractivity contribution in [1.29, 1.82) is 0 Å². The molecule has 0 unspecified atom stereocenters. The number of benzene rings is 2. The third-order valence-corrected chi connectivity index (χ3v) is 8.14. The van der Waals surface area contributed by atoms with E-state index in [0.717, 1.165) is 62.7 Å². The number of aliphatic hydroxyl groups is 1. The Hall–Kier alpha value is -2.59. The largest absolute Gasteiger partial charge is 0.493 e. The maximum atomic E-state index is 11.5. The van der Waals surface area contributed by atoms with Gasteiger partial charge in [0.1, 0.15) is 5.75 Å². The van der Waals surface area contributed by atoms with Crippen LogP contribution in [0.4, 0.5) is 0 Å². The lowest BCUT2D eigenvalue weighted by molar-refractivity contribution is -0.143. The van der Waals surface area contributed by atoms with Crippen molar-refractivity contribution in [2.45, 2.75) is 103 Å². The van der Waals surface area contributed by atoms with Gasteiger partial charge in [0.05, 0.1) is 18.8 Å². The fourth-order valence-electron chi connectivity index (χ4n) is 5.69. The molecule has 2 aromatic rings. The van der Waals surface area contributed by atoms with Crippen LogP contribution < -0.4 is 4.74 Å². The third-order valence-electron chi connectivity index (χ3n) is 8.14. The molecule has 2 aromatic carbocycles. The highest BCUT2D eigenvalue weighted by molar-refractivity contribution is 5.69. The summed E-state index contributed by atoms with van der Waals surface area (Å²) >= 11 is 0. The topological polar surface area (TPSA) is 55.8 Å². The number of hydrogen-bond acceptors (Lipinski definition) is 4. The fourth-order valence-corrected chi connectivity index (χ4v) is 5.69. The van der Waals surface area contributed by atoms with Crippen LogP contribution in [0.1, 0.15) is 106 Å². The van der Waals surface area contributed by atoms with Crippen LogP contribution in [0.2, 0.25) is 0 Å². The molecular formula is C33H46O4. The molecule has 37 heavy (non-hydrogen) atoms. The van der Waals surface area contributed by atoms with Crippen molar-refractivity contribution in [2.24, 2.45) is 0 Å². The molecule has 3 rings (SSSR count). The summed E-state index contributed by atoms with van der Waals surface area (Å²) in [5, 5.41) is 10.7. The van der Waals surface area contributed by atoms with Crippen molar-refractivity contribution in [3.8, 4) is 5.75 Å². The smallest absolute Gasteiger partial charge is 0.305 e. The summed E-state index contributed by atoms with van der Waals surface area (Å²) in [4.78, 5) is 11.5. The van der Waals surface area contributed by atoms with Gasteiger partial charge in [-0.25, -0.2) is 0 Å². The molecule has 1 aliphatic rings. The van der Waals surface area contributed by atoms with Gasteiger partial charge in [0.2, 0.25) is 0 Å². The van der Waals surface area contributed by atoms with E-state index in [4.69, 9.17) is 9.47 Å². The van der Waals surface area contributed by atoms with Gasteiger partial charge in [0.25, 0.3) is 0 Å². The molecule has 0 radical (unpaired) electrons. The molecule has 1 saturated carbocycles. The monoisotopic (exact) mass is 506 g/mol. The number of hydrogen-bond donors (Lipinski definition) is 1. The first-order chi connectivity index (χ1) is 17.8. The summed E-state index contributed by atoms with van der Waals surface area (Å²) in [5.41, 5.74) is 5.49. The van der Waals surface area contributed by atoms with Crippen molar-refractivity contribution < 1.29 is 19.4 Å². The van der Waals surface area contributed by atoms with Gasteiger partial charge >= 0.3 is 5.97 Å². The molecule has 4 heteroatoms. The Balaban J connectivity index is 1.73. The highest BCUT2D eigenvalue weighted by Gasteiger charge is 2.32. The van der Waals surface area contributed by atoms with Gasteiger partial charge < -0.3 is 14.6 Å². The van der Waals surface area contributed by atoms with Gasteiger partial charge in [-0.2, -0.15) is 0 Å². The Morgan fingerprint density at radius 3 is 2.22 bits per heavy atom. The lowest BCUT2D eigenvalue weighted by Gasteiger charge is -2.34. The number of carbonyl (C=O) groups is 1. The molecule has 0 heterocycles. The molecule has 0 saturated heterocycles. The standard InChI is InChI=1S/C33H46O4/c1-6-33(7-2,28-15-14-27(25(4)23-28)18-21-32(35)19-10-11-20-32)29-16-17-30(26(5)24-29)37-22-12-9-13-31(34)36-8-3/h14-18,21,23-24,35H,6-13,19-20,22H2,1-5H3/b21-18+. The van der Waals surface area contributed by atoms with Gasteiger partial charge in [-0.3, -0.25) is 4.79 Å². The van der Waals surface area contributed by atoms with E-state index >= 15 is 0 Å². The van der Waals surface area contributed by atoms with E-state index in [2.05, 4.69) is 70.2 Å².